The van der Waals surface area contributed by atoms with Gasteiger partial charge in [0.15, 0.2) is 5.50 Å². The molecule has 3 rings (SSSR count). The van der Waals surface area contributed by atoms with Gasteiger partial charge in [0.25, 0.3) is 0 Å². The standard InChI is InChI=1S/C12H7Cl3N4/c13-8-3-7-1-2-9(14)10(11(7)17-4-8)12(15)19-6-16-5-18-19/h1-6,12H. The molecule has 7 heteroatoms. The van der Waals surface area contributed by atoms with Crippen molar-refractivity contribution < 1.29 is 0 Å². The van der Waals surface area contributed by atoms with Gasteiger partial charge < -0.3 is 0 Å². The molecule has 0 aliphatic heterocycles. The summed E-state index contributed by atoms with van der Waals surface area (Å²) in [5.41, 5.74) is 0.808. The molecule has 0 fully saturated rings. The summed E-state index contributed by atoms with van der Waals surface area (Å²) in [5.74, 6) is 0. The van der Waals surface area contributed by atoms with Crippen molar-refractivity contribution in [3.63, 3.8) is 0 Å². The molecule has 0 radical (unpaired) electrons. The van der Waals surface area contributed by atoms with Crippen LogP contribution in [0.5, 0.6) is 0 Å². The van der Waals surface area contributed by atoms with Crippen molar-refractivity contribution in [1.29, 1.82) is 0 Å². The molecule has 19 heavy (non-hydrogen) atoms. The van der Waals surface area contributed by atoms with Crippen LogP contribution in [0, 0.1) is 0 Å². The molecular weight excluding hydrogens is 307 g/mol. The summed E-state index contributed by atoms with van der Waals surface area (Å²) >= 11 is 18.6. The Morgan fingerprint density at radius 1 is 1.21 bits per heavy atom. The predicted molar refractivity (Wildman–Crippen MR) is 75.8 cm³/mol. The Morgan fingerprint density at radius 3 is 2.79 bits per heavy atom. The molecule has 0 aliphatic rings. The van der Waals surface area contributed by atoms with E-state index in [0.29, 0.717) is 21.1 Å². The van der Waals surface area contributed by atoms with Crippen molar-refractivity contribution in [2.24, 2.45) is 0 Å². The number of nitrogens with zero attached hydrogens (tertiary/aromatic N) is 4. The van der Waals surface area contributed by atoms with Gasteiger partial charge in [-0.05, 0) is 12.1 Å². The van der Waals surface area contributed by atoms with Gasteiger partial charge in [-0.3, -0.25) is 4.98 Å². The molecule has 2 heterocycles. The first kappa shape index (κ1) is 12.7. The first-order valence-electron chi connectivity index (χ1n) is 5.38. The van der Waals surface area contributed by atoms with Crippen molar-refractivity contribution in [3.05, 3.63) is 52.7 Å². The number of benzene rings is 1. The molecule has 96 valence electrons. The van der Waals surface area contributed by atoms with E-state index in [9.17, 15) is 0 Å². The molecule has 1 atom stereocenters. The lowest BCUT2D eigenvalue weighted by molar-refractivity contribution is 0.662. The lowest BCUT2D eigenvalue weighted by Gasteiger charge is -2.14. The summed E-state index contributed by atoms with van der Waals surface area (Å²) in [6.45, 7) is 0. The van der Waals surface area contributed by atoms with Crippen LogP contribution in [0.25, 0.3) is 10.9 Å². The Bertz CT molecular complexity index is 727. The van der Waals surface area contributed by atoms with Crippen LogP contribution in [0.1, 0.15) is 11.1 Å². The van der Waals surface area contributed by atoms with E-state index in [1.54, 1.807) is 12.3 Å². The zero-order chi connectivity index (χ0) is 13.4. The minimum atomic E-state index is -0.577. The van der Waals surface area contributed by atoms with Gasteiger partial charge in [0, 0.05) is 22.2 Å². The molecule has 1 aromatic carbocycles. The average molecular weight is 314 g/mol. The number of hydrogen-bond acceptors (Lipinski definition) is 3. The van der Waals surface area contributed by atoms with E-state index in [0.717, 1.165) is 5.39 Å². The van der Waals surface area contributed by atoms with Gasteiger partial charge in [0.05, 0.1) is 10.5 Å². The van der Waals surface area contributed by atoms with E-state index in [4.69, 9.17) is 34.8 Å². The van der Waals surface area contributed by atoms with Gasteiger partial charge in [0.2, 0.25) is 0 Å². The Labute approximate surface area is 123 Å². The fourth-order valence-electron chi connectivity index (χ4n) is 1.87. The minimum Gasteiger partial charge on any atom is -0.254 e. The van der Waals surface area contributed by atoms with Crippen molar-refractivity contribution in [3.8, 4) is 0 Å². The van der Waals surface area contributed by atoms with E-state index in [-0.39, 0.29) is 0 Å². The van der Waals surface area contributed by atoms with E-state index in [1.165, 1.54) is 17.3 Å². The molecule has 0 aliphatic carbocycles. The van der Waals surface area contributed by atoms with Crippen LogP contribution in [-0.4, -0.2) is 19.7 Å². The summed E-state index contributed by atoms with van der Waals surface area (Å²) in [5, 5.41) is 5.98. The van der Waals surface area contributed by atoms with Crippen LogP contribution in [-0.2, 0) is 0 Å². The van der Waals surface area contributed by atoms with E-state index in [1.807, 2.05) is 12.1 Å². The lowest BCUT2D eigenvalue weighted by atomic mass is 10.1. The molecule has 0 saturated heterocycles. The Balaban J connectivity index is 2.24. The highest BCUT2D eigenvalue weighted by Crippen LogP contribution is 2.34. The maximum absolute atomic E-state index is 6.40. The van der Waals surface area contributed by atoms with Gasteiger partial charge in [-0.25, -0.2) is 9.67 Å². The summed E-state index contributed by atoms with van der Waals surface area (Å²) in [4.78, 5) is 8.19. The van der Waals surface area contributed by atoms with Crippen LogP contribution < -0.4 is 0 Å². The first-order chi connectivity index (χ1) is 9.16. The second-order valence-corrected chi connectivity index (χ2v) is 5.15. The van der Waals surface area contributed by atoms with E-state index in [2.05, 4.69) is 15.1 Å². The van der Waals surface area contributed by atoms with Crippen molar-refractivity contribution in [2.75, 3.05) is 0 Å². The van der Waals surface area contributed by atoms with Crippen LogP contribution in [0.3, 0.4) is 0 Å². The second kappa shape index (κ2) is 4.96. The predicted octanol–water partition coefficient (Wildman–Crippen LogP) is 3.92. The monoisotopic (exact) mass is 312 g/mol. The van der Waals surface area contributed by atoms with Crippen molar-refractivity contribution in [1.82, 2.24) is 19.7 Å². The zero-order valence-electron chi connectivity index (χ0n) is 9.46. The fourth-order valence-corrected chi connectivity index (χ4v) is 2.67. The van der Waals surface area contributed by atoms with Crippen LogP contribution in [0.15, 0.2) is 37.1 Å². The molecule has 0 spiro atoms. The maximum Gasteiger partial charge on any atom is 0.156 e. The third-order valence-electron chi connectivity index (χ3n) is 2.71. The number of fused-ring (bicyclic) bond motifs is 1. The van der Waals surface area contributed by atoms with Gasteiger partial charge in [-0.1, -0.05) is 40.9 Å². The van der Waals surface area contributed by atoms with Crippen LogP contribution in [0.4, 0.5) is 0 Å². The minimum absolute atomic E-state index is 0.526. The number of hydrogen-bond donors (Lipinski definition) is 0. The second-order valence-electron chi connectivity index (χ2n) is 3.90. The quantitative estimate of drug-likeness (QED) is 0.674. The summed E-state index contributed by atoms with van der Waals surface area (Å²) in [7, 11) is 0. The highest BCUT2D eigenvalue weighted by atomic mass is 35.5. The normalized spacial score (nSPS) is 12.8. The molecule has 0 bridgehead atoms. The average Bonchev–Trinajstić information content (AvgIpc) is 2.92. The Hall–Kier alpha value is -1.36. The topological polar surface area (TPSA) is 43.6 Å². The molecule has 2 aromatic heterocycles. The van der Waals surface area contributed by atoms with Crippen molar-refractivity contribution >= 4 is 45.7 Å². The largest absolute Gasteiger partial charge is 0.254 e. The smallest absolute Gasteiger partial charge is 0.156 e. The third-order valence-corrected chi connectivity index (χ3v) is 3.67. The molecule has 1 unspecified atom stereocenters. The number of aromatic nitrogens is 4. The molecule has 0 saturated carbocycles. The molecule has 3 aromatic rings. The summed E-state index contributed by atoms with van der Waals surface area (Å²) in [6.07, 6.45) is 4.51. The van der Waals surface area contributed by atoms with Gasteiger partial charge in [-0.2, -0.15) is 5.10 Å². The van der Waals surface area contributed by atoms with Crippen molar-refractivity contribution in [2.45, 2.75) is 5.50 Å². The maximum atomic E-state index is 6.40. The molecular formula is C12H7Cl3N4. The highest BCUT2D eigenvalue weighted by Gasteiger charge is 2.18. The SMILES string of the molecule is Clc1cnc2c(C(Cl)n3cncn3)c(Cl)ccc2c1. The number of rotatable bonds is 2. The first-order valence-corrected chi connectivity index (χ1v) is 6.58. The number of pyridine rings is 1. The lowest BCUT2D eigenvalue weighted by Crippen LogP contribution is -2.06. The molecule has 4 nitrogen and oxygen atoms in total. The highest BCUT2D eigenvalue weighted by molar-refractivity contribution is 6.34. The fraction of sp³-hybridized carbons (Fsp3) is 0.0833. The van der Waals surface area contributed by atoms with Gasteiger partial charge in [0.1, 0.15) is 12.7 Å². The van der Waals surface area contributed by atoms with Gasteiger partial charge >= 0.3 is 0 Å². The number of alkyl halides is 1. The van der Waals surface area contributed by atoms with E-state index < -0.39 is 5.50 Å². The molecule has 0 N–H and O–H groups in total. The summed E-state index contributed by atoms with van der Waals surface area (Å²) in [6, 6.07) is 5.43. The summed E-state index contributed by atoms with van der Waals surface area (Å²) < 4.78 is 1.51. The van der Waals surface area contributed by atoms with Crippen LogP contribution in [0.2, 0.25) is 10.0 Å². The Morgan fingerprint density at radius 2 is 2.05 bits per heavy atom. The zero-order valence-corrected chi connectivity index (χ0v) is 11.7. The van der Waals surface area contributed by atoms with E-state index >= 15 is 0 Å². The van der Waals surface area contributed by atoms with Crippen LogP contribution >= 0.6 is 34.8 Å². The Kier molecular flexibility index (Phi) is 3.31. The third kappa shape index (κ3) is 2.27. The molecule has 0 amide bonds. The number of halogens is 3. The van der Waals surface area contributed by atoms with Gasteiger partial charge in [-0.15, -0.1) is 0 Å².